The van der Waals surface area contributed by atoms with Crippen LogP contribution in [-0.4, -0.2) is 41.4 Å². The number of amides is 1. The molecule has 0 fully saturated rings. The highest BCUT2D eigenvalue weighted by atomic mass is 16.6. The first-order valence-electron chi connectivity index (χ1n) is 11.2. The molecule has 178 valence electrons. The lowest BCUT2D eigenvalue weighted by Gasteiger charge is -2.43. The van der Waals surface area contributed by atoms with E-state index in [1.807, 2.05) is 26.0 Å². The van der Waals surface area contributed by atoms with Gasteiger partial charge in [-0.05, 0) is 66.0 Å². The number of hydrogen-bond donors (Lipinski definition) is 0. The van der Waals surface area contributed by atoms with Crippen molar-refractivity contribution >= 4 is 23.7 Å². The number of carbonyl (C=O) groups is 3. The largest absolute Gasteiger partial charge is 0.464 e. The SMILES string of the molecule is CCOC(=O)[C@@]1(C(C)C)[C@H](CC(=O)OC(C)(C)C)c2ccccc2N1C(=O)OC(C)(C)C. The molecule has 1 heterocycles. The molecule has 0 saturated carbocycles. The normalized spacial score (nSPS) is 20.7. The van der Waals surface area contributed by atoms with Crippen LogP contribution in [0.25, 0.3) is 0 Å². The maximum atomic E-state index is 13.6. The first-order valence-corrected chi connectivity index (χ1v) is 11.2. The van der Waals surface area contributed by atoms with Crippen molar-refractivity contribution in [2.24, 2.45) is 5.92 Å². The van der Waals surface area contributed by atoms with Gasteiger partial charge in [0.2, 0.25) is 0 Å². The highest BCUT2D eigenvalue weighted by molar-refractivity contribution is 6.04. The zero-order valence-electron chi connectivity index (χ0n) is 20.8. The van der Waals surface area contributed by atoms with Crippen molar-refractivity contribution in [3.05, 3.63) is 29.8 Å². The monoisotopic (exact) mass is 447 g/mol. The molecule has 7 heteroatoms. The van der Waals surface area contributed by atoms with E-state index in [-0.39, 0.29) is 18.9 Å². The zero-order chi connectivity index (χ0) is 24.5. The number of ether oxygens (including phenoxy) is 3. The molecule has 7 nitrogen and oxygen atoms in total. The van der Waals surface area contributed by atoms with E-state index in [0.29, 0.717) is 11.3 Å². The molecular weight excluding hydrogens is 410 g/mol. The molecule has 1 aromatic rings. The van der Waals surface area contributed by atoms with E-state index >= 15 is 0 Å². The quantitative estimate of drug-likeness (QED) is 0.455. The maximum Gasteiger partial charge on any atom is 0.415 e. The Balaban J connectivity index is 2.72. The Morgan fingerprint density at radius 2 is 1.56 bits per heavy atom. The Hall–Kier alpha value is -2.57. The van der Waals surface area contributed by atoms with E-state index in [0.717, 1.165) is 0 Å². The van der Waals surface area contributed by atoms with Crippen molar-refractivity contribution in [2.75, 3.05) is 11.5 Å². The van der Waals surface area contributed by atoms with Crippen molar-refractivity contribution in [3.8, 4) is 0 Å². The summed E-state index contributed by atoms with van der Waals surface area (Å²) < 4.78 is 16.8. The summed E-state index contributed by atoms with van der Waals surface area (Å²) in [7, 11) is 0. The molecule has 0 N–H and O–H groups in total. The standard InChI is InChI=1S/C25H37NO6/c1-10-30-21(28)25(16(2)3)18(15-20(27)31-23(4,5)6)17-13-11-12-14-19(17)26(25)22(29)32-24(7,8)9/h11-14,16,18H,10,15H2,1-9H3/t18-,25-/m1/s1. The number of nitrogens with zero attached hydrogens (tertiary/aromatic N) is 1. The summed E-state index contributed by atoms with van der Waals surface area (Å²) in [6.07, 6.45) is -0.733. The number of esters is 2. The Morgan fingerprint density at radius 1 is 1.00 bits per heavy atom. The van der Waals surface area contributed by atoms with Gasteiger partial charge in [-0.25, -0.2) is 9.59 Å². The van der Waals surface area contributed by atoms with E-state index in [2.05, 4.69) is 0 Å². The fourth-order valence-corrected chi connectivity index (χ4v) is 4.33. The summed E-state index contributed by atoms with van der Waals surface area (Å²) in [4.78, 5) is 41.4. The van der Waals surface area contributed by atoms with Crippen LogP contribution >= 0.6 is 0 Å². The summed E-state index contributed by atoms with van der Waals surface area (Å²) >= 11 is 0. The van der Waals surface area contributed by atoms with Gasteiger partial charge in [-0.15, -0.1) is 0 Å². The lowest BCUT2D eigenvalue weighted by Crippen LogP contribution is -2.62. The summed E-state index contributed by atoms with van der Waals surface area (Å²) in [6.45, 7) is 16.3. The maximum absolute atomic E-state index is 13.6. The van der Waals surface area contributed by atoms with Gasteiger partial charge >= 0.3 is 18.0 Å². The molecule has 0 aliphatic carbocycles. The van der Waals surface area contributed by atoms with Gasteiger partial charge in [-0.3, -0.25) is 9.69 Å². The van der Waals surface area contributed by atoms with Gasteiger partial charge in [0.15, 0.2) is 5.54 Å². The van der Waals surface area contributed by atoms with Gasteiger partial charge in [0.05, 0.1) is 18.7 Å². The molecule has 1 aliphatic rings. The molecule has 0 saturated heterocycles. The van der Waals surface area contributed by atoms with E-state index in [9.17, 15) is 14.4 Å². The smallest absolute Gasteiger partial charge is 0.415 e. The van der Waals surface area contributed by atoms with Crippen molar-refractivity contribution in [3.63, 3.8) is 0 Å². The number of hydrogen-bond acceptors (Lipinski definition) is 6. The third-order valence-electron chi connectivity index (χ3n) is 5.30. The van der Waals surface area contributed by atoms with Gasteiger partial charge in [-0.1, -0.05) is 32.0 Å². The van der Waals surface area contributed by atoms with Crippen molar-refractivity contribution in [2.45, 2.75) is 91.4 Å². The van der Waals surface area contributed by atoms with E-state index < -0.39 is 40.7 Å². The van der Waals surface area contributed by atoms with Crippen LogP contribution in [0.3, 0.4) is 0 Å². The van der Waals surface area contributed by atoms with Crippen molar-refractivity contribution in [1.82, 2.24) is 0 Å². The highest BCUT2D eigenvalue weighted by Gasteiger charge is 2.63. The molecule has 1 aliphatic heterocycles. The molecule has 0 spiro atoms. The predicted molar refractivity (Wildman–Crippen MR) is 123 cm³/mol. The third-order valence-corrected chi connectivity index (χ3v) is 5.30. The van der Waals surface area contributed by atoms with Gasteiger partial charge < -0.3 is 14.2 Å². The highest BCUT2D eigenvalue weighted by Crippen LogP contribution is 2.54. The lowest BCUT2D eigenvalue weighted by atomic mass is 9.72. The van der Waals surface area contributed by atoms with Gasteiger partial charge in [-0.2, -0.15) is 0 Å². The molecule has 1 aromatic carbocycles. The van der Waals surface area contributed by atoms with Crippen molar-refractivity contribution < 1.29 is 28.6 Å². The van der Waals surface area contributed by atoms with E-state index in [1.54, 1.807) is 60.6 Å². The number of para-hydroxylation sites is 1. The second-order valence-electron chi connectivity index (χ2n) is 10.4. The molecule has 1 amide bonds. The second kappa shape index (κ2) is 9.12. The fraction of sp³-hybridized carbons (Fsp3) is 0.640. The summed E-state index contributed by atoms with van der Waals surface area (Å²) in [5.74, 6) is -2.04. The van der Waals surface area contributed by atoms with E-state index in [1.165, 1.54) is 4.90 Å². The Labute approximate surface area is 191 Å². The van der Waals surface area contributed by atoms with Gasteiger partial charge in [0.25, 0.3) is 0 Å². The van der Waals surface area contributed by atoms with Crippen LogP contribution in [0.5, 0.6) is 0 Å². The number of anilines is 1. The minimum absolute atomic E-state index is 0.0788. The van der Waals surface area contributed by atoms with Crippen LogP contribution in [0.1, 0.15) is 80.2 Å². The fourth-order valence-electron chi connectivity index (χ4n) is 4.33. The first kappa shape index (κ1) is 25.7. The van der Waals surface area contributed by atoms with Crippen LogP contribution in [0.15, 0.2) is 24.3 Å². The Kier molecular flexibility index (Phi) is 7.32. The minimum atomic E-state index is -1.46. The second-order valence-corrected chi connectivity index (χ2v) is 10.4. The lowest BCUT2D eigenvalue weighted by molar-refractivity contribution is -0.158. The van der Waals surface area contributed by atoms with Crippen LogP contribution in [-0.2, 0) is 23.8 Å². The molecule has 0 aromatic heterocycles. The molecule has 32 heavy (non-hydrogen) atoms. The molecule has 0 radical (unpaired) electrons. The topological polar surface area (TPSA) is 82.1 Å². The summed E-state index contributed by atoms with van der Waals surface area (Å²) in [5.41, 5.74) is -1.65. The third kappa shape index (κ3) is 5.08. The predicted octanol–water partition coefficient (Wildman–Crippen LogP) is 5.22. The summed E-state index contributed by atoms with van der Waals surface area (Å²) in [5, 5.41) is 0. The van der Waals surface area contributed by atoms with Gasteiger partial charge in [0, 0.05) is 5.92 Å². The average Bonchev–Trinajstić information content (AvgIpc) is 2.90. The minimum Gasteiger partial charge on any atom is -0.464 e. The first-order chi connectivity index (χ1) is 14.6. The van der Waals surface area contributed by atoms with Crippen LogP contribution < -0.4 is 4.90 Å². The van der Waals surface area contributed by atoms with Crippen molar-refractivity contribution in [1.29, 1.82) is 0 Å². The van der Waals surface area contributed by atoms with Crippen LogP contribution in [0.4, 0.5) is 10.5 Å². The van der Waals surface area contributed by atoms with Gasteiger partial charge in [0.1, 0.15) is 11.2 Å². The molecule has 0 unspecified atom stereocenters. The Morgan fingerprint density at radius 3 is 2.06 bits per heavy atom. The van der Waals surface area contributed by atoms with Crippen LogP contribution in [0.2, 0.25) is 0 Å². The summed E-state index contributed by atoms with van der Waals surface area (Å²) in [6, 6.07) is 7.23. The molecule has 2 rings (SSSR count). The molecular formula is C25H37NO6. The number of benzene rings is 1. The molecule has 0 bridgehead atoms. The van der Waals surface area contributed by atoms with E-state index in [4.69, 9.17) is 14.2 Å². The van der Waals surface area contributed by atoms with Crippen LogP contribution in [0, 0.1) is 5.92 Å². The average molecular weight is 448 g/mol. The Bertz CT molecular complexity index is 864. The number of carbonyl (C=O) groups excluding carboxylic acids is 3. The molecule has 2 atom stereocenters. The number of rotatable bonds is 5. The zero-order valence-corrected chi connectivity index (χ0v) is 20.8. The number of fused-ring (bicyclic) bond motifs is 1.